The van der Waals surface area contributed by atoms with Gasteiger partial charge in [-0.05, 0) is 48.9 Å². The van der Waals surface area contributed by atoms with Crippen LogP contribution in [0.4, 0.5) is 11.4 Å². The van der Waals surface area contributed by atoms with Crippen LogP contribution in [0.2, 0.25) is 10.0 Å². The average molecular weight is 427 g/mol. The molecule has 1 saturated heterocycles. The number of nitrogens with one attached hydrogen (secondary N) is 1. The number of amides is 2. The fraction of sp³-hybridized carbons (Fsp3) is 0.222. The molecule has 1 atom stereocenters. The molecule has 2 aromatic carbocycles. The van der Waals surface area contributed by atoms with Crippen LogP contribution in [-0.2, 0) is 14.8 Å². The van der Waals surface area contributed by atoms with Gasteiger partial charge in [0.25, 0.3) is 5.91 Å². The van der Waals surface area contributed by atoms with Gasteiger partial charge in [0, 0.05) is 10.7 Å². The van der Waals surface area contributed by atoms with Crippen LogP contribution in [0.1, 0.15) is 22.8 Å². The molecule has 0 saturated carbocycles. The van der Waals surface area contributed by atoms with Crippen LogP contribution in [0.3, 0.4) is 0 Å². The van der Waals surface area contributed by atoms with Crippen molar-refractivity contribution >= 4 is 56.4 Å². The van der Waals surface area contributed by atoms with Crippen molar-refractivity contribution in [3.63, 3.8) is 0 Å². The van der Waals surface area contributed by atoms with Gasteiger partial charge < -0.3 is 5.32 Å². The molecule has 2 amide bonds. The summed E-state index contributed by atoms with van der Waals surface area (Å²) in [5, 5.41) is 3.40. The first-order chi connectivity index (χ1) is 12.6. The average Bonchev–Trinajstić information content (AvgIpc) is 2.78. The number of carbonyl (C=O) groups excluding carboxylic acids is 2. The Morgan fingerprint density at radius 2 is 1.89 bits per heavy atom. The van der Waals surface area contributed by atoms with E-state index in [0.717, 1.165) is 9.87 Å². The van der Waals surface area contributed by atoms with E-state index in [2.05, 4.69) is 5.32 Å². The fourth-order valence-corrected chi connectivity index (χ4v) is 5.10. The highest BCUT2D eigenvalue weighted by molar-refractivity contribution is 7.94. The van der Waals surface area contributed by atoms with Crippen molar-refractivity contribution in [3.8, 4) is 0 Å². The number of rotatable bonds is 3. The molecule has 9 heteroatoms. The summed E-state index contributed by atoms with van der Waals surface area (Å²) in [6.45, 7) is 3.34. The lowest BCUT2D eigenvalue weighted by Crippen LogP contribution is -2.30. The van der Waals surface area contributed by atoms with Crippen molar-refractivity contribution in [2.24, 2.45) is 5.92 Å². The highest BCUT2D eigenvalue weighted by atomic mass is 35.5. The number of nitrogens with zero attached hydrogens (tertiary/aromatic N) is 1. The molecular weight excluding hydrogens is 411 g/mol. The van der Waals surface area contributed by atoms with Crippen molar-refractivity contribution in [2.45, 2.75) is 13.8 Å². The summed E-state index contributed by atoms with van der Waals surface area (Å²) in [6.07, 6.45) is 0. The Kier molecular flexibility index (Phi) is 5.20. The number of hydrogen-bond donors (Lipinski definition) is 1. The summed E-state index contributed by atoms with van der Waals surface area (Å²) < 4.78 is 25.3. The molecule has 142 valence electrons. The van der Waals surface area contributed by atoms with E-state index in [1.807, 2.05) is 0 Å². The molecule has 3 rings (SSSR count). The monoisotopic (exact) mass is 426 g/mol. The Labute approximate surface area is 167 Å². The quantitative estimate of drug-likeness (QED) is 0.806. The summed E-state index contributed by atoms with van der Waals surface area (Å²) in [5.41, 5.74) is 1.46. The van der Waals surface area contributed by atoms with E-state index < -0.39 is 27.8 Å². The second-order valence-electron chi connectivity index (χ2n) is 6.36. The smallest absolute Gasteiger partial charge is 0.257 e. The summed E-state index contributed by atoms with van der Waals surface area (Å²) >= 11 is 12.0. The Morgan fingerprint density at radius 1 is 1.19 bits per heavy atom. The van der Waals surface area contributed by atoms with E-state index in [0.29, 0.717) is 10.7 Å². The molecule has 0 spiro atoms. The zero-order valence-corrected chi connectivity index (χ0v) is 16.8. The lowest BCUT2D eigenvalue weighted by molar-refractivity contribution is -0.119. The Hall–Kier alpha value is -2.09. The number of benzene rings is 2. The van der Waals surface area contributed by atoms with E-state index in [-0.39, 0.29) is 22.0 Å². The maximum Gasteiger partial charge on any atom is 0.257 e. The van der Waals surface area contributed by atoms with Gasteiger partial charge in [0.05, 0.1) is 27.9 Å². The van der Waals surface area contributed by atoms with Crippen LogP contribution < -0.4 is 9.62 Å². The zero-order chi connectivity index (χ0) is 19.9. The minimum absolute atomic E-state index is 0.0612. The van der Waals surface area contributed by atoms with Crippen molar-refractivity contribution in [1.29, 1.82) is 0 Å². The molecule has 1 aliphatic rings. The molecule has 0 aliphatic carbocycles. The van der Waals surface area contributed by atoms with E-state index in [9.17, 15) is 18.0 Å². The summed E-state index contributed by atoms with van der Waals surface area (Å²) in [7, 11) is -3.77. The van der Waals surface area contributed by atoms with Crippen LogP contribution in [0.5, 0.6) is 0 Å². The molecule has 0 radical (unpaired) electrons. The van der Waals surface area contributed by atoms with Gasteiger partial charge in [-0.3, -0.25) is 9.59 Å². The molecule has 1 fully saturated rings. The molecule has 1 unspecified atom stereocenters. The molecule has 1 heterocycles. The number of halogens is 2. The lowest BCUT2D eigenvalue weighted by atomic mass is 10.1. The highest BCUT2D eigenvalue weighted by Crippen LogP contribution is 2.31. The Balaban J connectivity index is 1.96. The number of carbonyl (C=O) groups is 2. The molecule has 1 N–H and O–H groups in total. The van der Waals surface area contributed by atoms with Crippen molar-refractivity contribution in [2.75, 3.05) is 15.4 Å². The van der Waals surface area contributed by atoms with Gasteiger partial charge in [-0.15, -0.1) is 0 Å². The first-order valence-corrected chi connectivity index (χ1v) is 10.4. The highest BCUT2D eigenvalue weighted by Gasteiger charge is 2.42. The number of anilines is 2. The van der Waals surface area contributed by atoms with Crippen LogP contribution in [0, 0.1) is 12.8 Å². The largest absolute Gasteiger partial charge is 0.322 e. The summed E-state index contributed by atoms with van der Waals surface area (Å²) in [4.78, 5) is 24.9. The standard InChI is InChI=1S/C18H16Cl2N2O4S/c1-10-7-12(19)3-6-16(10)21-17(23)14-8-13(4-5-15(14)20)22-18(24)11(2)9-27(22,25)26/h3-8,11H,9H2,1-2H3,(H,21,23). The molecule has 0 bridgehead atoms. The second-order valence-corrected chi connectivity index (χ2v) is 9.07. The zero-order valence-electron chi connectivity index (χ0n) is 14.5. The van der Waals surface area contributed by atoms with Gasteiger partial charge >= 0.3 is 0 Å². The molecule has 27 heavy (non-hydrogen) atoms. The van der Waals surface area contributed by atoms with Gasteiger partial charge in [-0.2, -0.15) is 0 Å². The van der Waals surface area contributed by atoms with Gasteiger partial charge in [0.1, 0.15) is 0 Å². The number of hydrogen-bond acceptors (Lipinski definition) is 4. The van der Waals surface area contributed by atoms with Gasteiger partial charge in [0.15, 0.2) is 0 Å². The van der Waals surface area contributed by atoms with Crippen molar-refractivity contribution in [3.05, 3.63) is 57.6 Å². The van der Waals surface area contributed by atoms with Crippen LogP contribution in [0.25, 0.3) is 0 Å². The van der Waals surface area contributed by atoms with Gasteiger partial charge in [-0.1, -0.05) is 30.1 Å². The molecule has 2 aromatic rings. The third kappa shape index (κ3) is 3.81. The third-order valence-corrected chi connectivity index (χ3v) is 6.66. The summed E-state index contributed by atoms with van der Waals surface area (Å²) in [6, 6.07) is 9.09. The van der Waals surface area contributed by atoms with Crippen molar-refractivity contribution < 1.29 is 18.0 Å². The topological polar surface area (TPSA) is 83.6 Å². The Morgan fingerprint density at radius 3 is 2.48 bits per heavy atom. The first kappa shape index (κ1) is 19.7. The molecular formula is C18H16Cl2N2O4S. The van der Waals surface area contributed by atoms with Gasteiger partial charge in [-0.25, -0.2) is 12.7 Å². The number of aryl methyl sites for hydroxylation is 1. The first-order valence-electron chi connectivity index (χ1n) is 8.04. The van der Waals surface area contributed by atoms with Gasteiger partial charge in [0.2, 0.25) is 15.9 Å². The predicted octanol–water partition coefficient (Wildman–Crippen LogP) is 3.87. The fourth-order valence-electron chi connectivity index (χ4n) is 2.86. The molecule has 6 nitrogen and oxygen atoms in total. The second kappa shape index (κ2) is 7.14. The lowest BCUT2D eigenvalue weighted by Gasteiger charge is -2.17. The predicted molar refractivity (Wildman–Crippen MR) is 106 cm³/mol. The minimum Gasteiger partial charge on any atom is -0.322 e. The Bertz CT molecular complexity index is 1050. The SMILES string of the molecule is Cc1cc(Cl)ccc1NC(=O)c1cc(N2C(=O)C(C)CS2(=O)=O)ccc1Cl. The van der Waals surface area contributed by atoms with E-state index in [1.54, 1.807) is 32.0 Å². The van der Waals surface area contributed by atoms with E-state index in [4.69, 9.17) is 23.2 Å². The van der Waals surface area contributed by atoms with Crippen LogP contribution in [0.15, 0.2) is 36.4 Å². The minimum atomic E-state index is -3.77. The normalized spacial score (nSPS) is 18.6. The number of sulfonamides is 1. The molecule has 0 aromatic heterocycles. The maximum absolute atomic E-state index is 12.7. The van der Waals surface area contributed by atoms with Crippen LogP contribution >= 0.6 is 23.2 Å². The van der Waals surface area contributed by atoms with E-state index >= 15 is 0 Å². The molecule has 1 aliphatic heterocycles. The summed E-state index contributed by atoms with van der Waals surface area (Å²) in [5.74, 6) is -1.96. The third-order valence-electron chi connectivity index (χ3n) is 4.23. The van der Waals surface area contributed by atoms with Crippen LogP contribution in [-0.4, -0.2) is 26.0 Å². The van der Waals surface area contributed by atoms with E-state index in [1.165, 1.54) is 18.2 Å². The maximum atomic E-state index is 12.7. The van der Waals surface area contributed by atoms with Crippen molar-refractivity contribution in [1.82, 2.24) is 0 Å².